The summed E-state index contributed by atoms with van der Waals surface area (Å²) in [7, 11) is 0. The van der Waals surface area contributed by atoms with E-state index in [2.05, 4.69) is 5.32 Å². The van der Waals surface area contributed by atoms with Crippen LogP contribution in [-0.4, -0.2) is 95.5 Å². The number of amides is 3. The number of hydrogen-bond acceptors (Lipinski definition) is 6. The summed E-state index contributed by atoms with van der Waals surface area (Å²) in [5.41, 5.74) is 0. The minimum atomic E-state index is -1.12. The molecule has 0 aromatic heterocycles. The summed E-state index contributed by atoms with van der Waals surface area (Å²) in [6.45, 7) is 5.17. The number of carbonyl (C=O) groups excluding carboxylic acids is 3. The Morgan fingerprint density at radius 2 is 1.88 bits per heavy atom. The van der Waals surface area contributed by atoms with Crippen LogP contribution in [0.3, 0.4) is 0 Å². The molecule has 1 atom stereocenters. The summed E-state index contributed by atoms with van der Waals surface area (Å²) >= 11 is 1.16. The molecule has 0 radical (unpaired) electrons. The molecule has 1 saturated heterocycles. The van der Waals surface area contributed by atoms with Gasteiger partial charge in [-0.2, -0.15) is 0 Å². The molecule has 1 fully saturated rings. The molecule has 0 aromatic carbocycles. The molecule has 0 aliphatic carbocycles. The molecule has 1 unspecified atom stereocenters. The maximum absolute atomic E-state index is 12.3. The first kappa shape index (κ1) is 21.2. The van der Waals surface area contributed by atoms with Crippen LogP contribution in [0.25, 0.3) is 0 Å². The zero-order valence-electron chi connectivity index (χ0n) is 14.5. The highest BCUT2D eigenvalue weighted by molar-refractivity contribution is 8.00. The SMILES string of the molecule is CC(=O)NCCN(C(=O)CSCC(=O)N1CCOCC1)C(C)C(=O)O. The molecule has 0 aromatic rings. The summed E-state index contributed by atoms with van der Waals surface area (Å²) < 4.78 is 5.18. The Kier molecular flexibility index (Phi) is 9.28. The second-order valence-corrected chi connectivity index (χ2v) is 6.56. The van der Waals surface area contributed by atoms with Crippen molar-refractivity contribution in [1.82, 2.24) is 15.1 Å². The summed E-state index contributed by atoms with van der Waals surface area (Å²) in [6, 6.07) is -1.00. The first-order valence-electron chi connectivity index (χ1n) is 8.03. The number of carbonyl (C=O) groups is 4. The van der Waals surface area contributed by atoms with Crippen molar-refractivity contribution in [3.63, 3.8) is 0 Å². The molecule has 142 valence electrons. The summed E-state index contributed by atoms with van der Waals surface area (Å²) in [4.78, 5) is 49.3. The van der Waals surface area contributed by atoms with E-state index in [-0.39, 0.29) is 42.3 Å². The van der Waals surface area contributed by atoms with E-state index in [1.54, 1.807) is 4.90 Å². The highest BCUT2D eigenvalue weighted by Crippen LogP contribution is 2.09. The molecule has 1 aliphatic heterocycles. The maximum atomic E-state index is 12.3. The van der Waals surface area contributed by atoms with Gasteiger partial charge in [-0.05, 0) is 6.92 Å². The minimum absolute atomic E-state index is 0.00771. The second-order valence-electron chi connectivity index (χ2n) is 5.57. The lowest BCUT2D eigenvalue weighted by Gasteiger charge is -2.28. The van der Waals surface area contributed by atoms with Gasteiger partial charge in [0, 0.05) is 33.1 Å². The van der Waals surface area contributed by atoms with Crippen LogP contribution in [0.2, 0.25) is 0 Å². The number of carboxylic acids is 1. The molecular formula is C15H25N3O6S. The van der Waals surface area contributed by atoms with Crippen LogP contribution in [0.4, 0.5) is 0 Å². The fraction of sp³-hybridized carbons (Fsp3) is 0.733. The van der Waals surface area contributed by atoms with Gasteiger partial charge in [-0.15, -0.1) is 11.8 Å². The lowest BCUT2D eigenvalue weighted by Crippen LogP contribution is -2.47. The molecule has 3 amide bonds. The molecule has 0 saturated carbocycles. The summed E-state index contributed by atoms with van der Waals surface area (Å²) in [5.74, 6) is -1.64. The van der Waals surface area contributed by atoms with Crippen molar-refractivity contribution < 1.29 is 29.0 Å². The minimum Gasteiger partial charge on any atom is -0.480 e. The Bertz CT molecular complexity index is 496. The van der Waals surface area contributed by atoms with E-state index in [0.29, 0.717) is 26.3 Å². The van der Waals surface area contributed by atoms with E-state index in [4.69, 9.17) is 9.84 Å². The van der Waals surface area contributed by atoms with Crippen molar-refractivity contribution in [3.8, 4) is 0 Å². The topological polar surface area (TPSA) is 116 Å². The van der Waals surface area contributed by atoms with Gasteiger partial charge in [0.15, 0.2) is 0 Å². The maximum Gasteiger partial charge on any atom is 0.326 e. The van der Waals surface area contributed by atoms with Crippen LogP contribution in [0.15, 0.2) is 0 Å². The van der Waals surface area contributed by atoms with Crippen molar-refractivity contribution in [2.75, 3.05) is 50.9 Å². The van der Waals surface area contributed by atoms with E-state index in [9.17, 15) is 19.2 Å². The zero-order chi connectivity index (χ0) is 18.8. The van der Waals surface area contributed by atoms with Gasteiger partial charge in [-0.3, -0.25) is 14.4 Å². The van der Waals surface area contributed by atoms with Gasteiger partial charge < -0.3 is 25.0 Å². The van der Waals surface area contributed by atoms with Crippen LogP contribution >= 0.6 is 11.8 Å². The molecule has 1 heterocycles. The van der Waals surface area contributed by atoms with Crippen molar-refractivity contribution in [3.05, 3.63) is 0 Å². The molecule has 2 N–H and O–H groups in total. The van der Waals surface area contributed by atoms with E-state index < -0.39 is 12.0 Å². The quantitative estimate of drug-likeness (QED) is 0.532. The van der Waals surface area contributed by atoms with Gasteiger partial charge in [0.1, 0.15) is 6.04 Å². The number of aliphatic carboxylic acids is 1. The van der Waals surface area contributed by atoms with Crippen molar-refractivity contribution in [1.29, 1.82) is 0 Å². The molecular weight excluding hydrogens is 350 g/mol. The van der Waals surface area contributed by atoms with Gasteiger partial charge in [0.25, 0.3) is 0 Å². The standard InChI is InChI=1S/C15H25N3O6S/c1-11(15(22)23)18(4-3-16-12(2)19)14(21)10-25-9-13(20)17-5-7-24-8-6-17/h11H,3-10H2,1-2H3,(H,16,19)(H,22,23). The third kappa shape index (κ3) is 7.74. The zero-order valence-corrected chi connectivity index (χ0v) is 15.3. The van der Waals surface area contributed by atoms with Gasteiger partial charge in [0.2, 0.25) is 17.7 Å². The van der Waals surface area contributed by atoms with Crippen molar-refractivity contribution in [2.45, 2.75) is 19.9 Å². The second kappa shape index (κ2) is 10.9. The number of thioether (sulfide) groups is 1. The molecule has 9 nitrogen and oxygen atoms in total. The Morgan fingerprint density at radius 1 is 1.24 bits per heavy atom. The molecule has 1 rings (SSSR count). The Labute approximate surface area is 151 Å². The van der Waals surface area contributed by atoms with Crippen LogP contribution in [0, 0.1) is 0 Å². The predicted octanol–water partition coefficient (Wildman–Crippen LogP) is -0.984. The number of rotatable bonds is 9. The van der Waals surface area contributed by atoms with Gasteiger partial charge in [-0.25, -0.2) is 4.79 Å². The highest BCUT2D eigenvalue weighted by atomic mass is 32.2. The normalized spacial score (nSPS) is 15.4. The van der Waals surface area contributed by atoms with E-state index in [0.717, 1.165) is 11.8 Å². The molecule has 0 bridgehead atoms. The third-order valence-corrected chi connectivity index (χ3v) is 4.59. The van der Waals surface area contributed by atoms with E-state index in [1.807, 2.05) is 0 Å². The lowest BCUT2D eigenvalue weighted by atomic mass is 10.3. The van der Waals surface area contributed by atoms with Gasteiger partial charge in [0.05, 0.1) is 24.7 Å². The van der Waals surface area contributed by atoms with Crippen LogP contribution in [0.5, 0.6) is 0 Å². The van der Waals surface area contributed by atoms with E-state index >= 15 is 0 Å². The van der Waals surface area contributed by atoms with Crippen molar-refractivity contribution in [2.24, 2.45) is 0 Å². The monoisotopic (exact) mass is 375 g/mol. The number of morpholine rings is 1. The average Bonchev–Trinajstić information content (AvgIpc) is 2.58. The number of nitrogens with one attached hydrogen (secondary N) is 1. The highest BCUT2D eigenvalue weighted by Gasteiger charge is 2.25. The lowest BCUT2D eigenvalue weighted by molar-refractivity contribution is -0.148. The molecule has 10 heteroatoms. The summed E-state index contributed by atoms with van der Waals surface area (Å²) in [6.07, 6.45) is 0. The van der Waals surface area contributed by atoms with E-state index in [1.165, 1.54) is 18.7 Å². The van der Waals surface area contributed by atoms with Gasteiger partial charge >= 0.3 is 5.97 Å². The first-order chi connectivity index (χ1) is 11.8. The summed E-state index contributed by atoms with van der Waals surface area (Å²) in [5, 5.41) is 11.7. The smallest absolute Gasteiger partial charge is 0.326 e. The fourth-order valence-electron chi connectivity index (χ4n) is 2.23. The molecule has 1 aliphatic rings. The first-order valence-corrected chi connectivity index (χ1v) is 9.18. The number of nitrogens with zero attached hydrogens (tertiary/aromatic N) is 2. The number of hydrogen-bond donors (Lipinski definition) is 2. The van der Waals surface area contributed by atoms with Crippen LogP contribution < -0.4 is 5.32 Å². The van der Waals surface area contributed by atoms with Gasteiger partial charge in [-0.1, -0.05) is 0 Å². The Morgan fingerprint density at radius 3 is 2.44 bits per heavy atom. The largest absolute Gasteiger partial charge is 0.480 e. The Hall–Kier alpha value is -1.81. The number of ether oxygens (including phenoxy) is 1. The predicted molar refractivity (Wildman–Crippen MR) is 92.2 cm³/mol. The van der Waals surface area contributed by atoms with Crippen LogP contribution in [0.1, 0.15) is 13.8 Å². The Balaban J connectivity index is 2.45. The van der Waals surface area contributed by atoms with Crippen LogP contribution in [-0.2, 0) is 23.9 Å². The molecule has 25 heavy (non-hydrogen) atoms. The van der Waals surface area contributed by atoms with Crippen molar-refractivity contribution >= 4 is 35.5 Å². The molecule has 0 spiro atoms. The number of carboxylic acid groups (broad SMARTS) is 1. The fourth-order valence-corrected chi connectivity index (χ4v) is 3.03. The third-order valence-electron chi connectivity index (χ3n) is 3.69. The average molecular weight is 375 g/mol.